The van der Waals surface area contributed by atoms with Crippen molar-refractivity contribution in [3.8, 4) is 5.75 Å². The van der Waals surface area contributed by atoms with Gasteiger partial charge in [0, 0.05) is 17.3 Å². The standard InChI is InChI=1S/C23H22N2O3/c1-3-16-11-13-17(14-12-16)22(26)25-21-10-5-4-9-20(21)23(27)24-18-7-6-8-19(15-18)28-2/h4-15H,3H2,1-2H3,(H,24,27)(H,25,26). The van der Waals surface area contributed by atoms with Gasteiger partial charge in [-0.25, -0.2) is 0 Å². The predicted molar refractivity (Wildman–Crippen MR) is 111 cm³/mol. The van der Waals surface area contributed by atoms with Crippen molar-refractivity contribution in [2.45, 2.75) is 13.3 Å². The van der Waals surface area contributed by atoms with Crippen LogP contribution in [0.3, 0.4) is 0 Å². The lowest BCUT2D eigenvalue weighted by molar-refractivity contribution is 0.102. The third kappa shape index (κ3) is 4.57. The van der Waals surface area contributed by atoms with Gasteiger partial charge < -0.3 is 15.4 Å². The number of aryl methyl sites for hydroxylation is 1. The van der Waals surface area contributed by atoms with Gasteiger partial charge in [0.1, 0.15) is 5.75 Å². The van der Waals surface area contributed by atoms with E-state index < -0.39 is 0 Å². The highest BCUT2D eigenvalue weighted by molar-refractivity contribution is 6.12. The van der Waals surface area contributed by atoms with Gasteiger partial charge in [0.05, 0.1) is 18.4 Å². The second-order valence-electron chi connectivity index (χ2n) is 6.24. The largest absolute Gasteiger partial charge is 0.497 e. The first-order valence-electron chi connectivity index (χ1n) is 9.05. The second-order valence-corrected chi connectivity index (χ2v) is 6.24. The van der Waals surface area contributed by atoms with E-state index in [1.165, 1.54) is 0 Å². The highest BCUT2D eigenvalue weighted by Crippen LogP contribution is 2.21. The molecule has 3 aromatic rings. The van der Waals surface area contributed by atoms with E-state index in [4.69, 9.17) is 4.74 Å². The summed E-state index contributed by atoms with van der Waals surface area (Å²) in [5.41, 5.74) is 3.15. The highest BCUT2D eigenvalue weighted by Gasteiger charge is 2.14. The molecule has 0 fully saturated rings. The zero-order valence-electron chi connectivity index (χ0n) is 15.9. The maximum Gasteiger partial charge on any atom is 0.257 e. The van der Waals surface area contributed by atoms with Crippen LogP contribution >= 0.6 is 0 Å². The fraction of sp³-hybridized carbons (Fsp3) is 0.130. The number of carbonyl (C=O) groups excluding carboxylic acids is 2. The van der Waals surface area contributed by atoms with Gasteiger partial charge in [-0.05, 0) is 48.4 Å². The van der Waals surface area contributed by atoms with Gasteiger partial charge in [0.25, 0.3) is 11.8 Å². The van der Waals surface area contributed by atoms with Crippen LogP contribution in [0.5, 0.6) is 5.75 Å². The highest BCUT2D eigenvalue weighted by atomic mass is 16.5. The molecule has 0 aliphatic heterocycles. The van der Waals surface area contributed by atoms with Gasteiger partial charge in [-0.3, -0.25) is 9.59 Å². The Hall–Kier alpha value is -3.60. The molecule has 3 aromatic carbocycles. The Labute approximate surface area is 164 Å². The van der Waals surface area contributed by atoms with Crippen molar-refractivity contribution in [3.05, 3.63) is 89.5 Å². The number of anilines is 2. The average molecular weight is 374 g/mol. The molecule has 142 valence electrons. The van der Waals surface area contributed by atoms with Crippen molar-refractivity contribution in [1.29, 1.82) is 0 Å². The van der Waals surface area contributed by atoms with Crippen molar-refractivity contribution < 1.29 is 14.3 Å². The first-order chi connectivity index (χ1) is 13.6. The molecule has 0 aliphatic carbocycles. The van der Waals surface area contributed by atoms with Gasteiger partial charge in [0.2, 0.25) is 0 Å². The van der Waals surface area contributed by atoms with E-state index in [-0.39, 0.29) is 11.8 Å². The van der Waals surface area contributed by atoms with E-state index in [1.54, 1.807) is 67.8 Å². The molecule has 0 aromatic heterocycles. The third-order valence-corrected chi connectivity index (χ3v) is 4.37. The molecule has 0 heterocycles. The molecular formula is C23H22N2O3. The Bertz CT molecular complexity index is 981. The summed E-state index contributed by atoms with van der Waals surface area (Å²) >= 11 is 0. The fourth-order valence-electron chi connectivity index (χ4n) is 2.78. The number of methoxy groups -OCH3 is 1. The summed E-state index contributed by atoms with van der Waals surface area (Å²) in [6, 6.07) is 21.4. The van der Waals surface area contributed by atoms with E-state index in [1.807, 2.05) is 12.1 Å². The van der Waals surface area contributed by atoms with Crippen molar-refractivity contribution >= 4 is 23.2 Å². The number of carbonyl (C=O) groups is 2. The van der Waals surface area contributed by atoms with Crippen molar-refractivity contribution in [3.63, 3.8) is 0 Å². The minimum absolute atomic E-state index is 0.260. The molecular weight excluding hydrogens is 352 g/mol. The molecule has 0 unspecified atom stereocenters. The summed E-state index contributed by atoms with van der Waals surface area (Å²) in [6.07, 6.45) is 0.912. The smallest absolute Gasteiger partial charge is 0.257 e. The number of ether oxygens (including phenoxy) is 1. The van der Waals surface area contributed by atoms with Crippen molar-refractivity contribution in [2.24, 2.45) is 0 Å². The Kier molecular flexibility index (Phi) is 6.07. The van der Waals surface area contributed by atoms with E-state index in [9.17, 15) is 9.59 Å². The summed E-state index contributed by atoms with van der Waals surface area (Å²) in [4.78, 5) is 25.3. The molecule has 5 heteroatoms. The Morgan fingerprint density at radius 1 is 0.857 bits per heavy atom. The minimum Gasteiger partial charge on any atom is -0.497 e. The number of rotatable bonds is 6. The number of benzene rings is 3. The van der Waals surface area contributed by atoms with Crippen LogP contribution in [0.1, 0.15) is 33.2 Å². The molecule has 0 spiro atoms. The van der Waals surface area contributed by atoms with E-state index in [0.29, 0.717) is 28.3 Å². The lowest BCUT2D eigenvalue weighted by atomic mass is 10.1. The van der Waals surface area contributed by atoms with Gasteiger partial charge in [-0.1, -0.05) is 37.3 Å². The molecule has 0 radical (unpaired) electrons. The van der Waals surface area contributed by atoms with Gasteiger partial charge in [-0.15, -0.1) is 0 Å². The predicted octanol–water partition coefficient (Wildman–Crippen LogP) is 4.76. The van der Waals surface area contributed by atoms with Crippen LogP contribution in [0.15, 0.2) is 72.8 Å². The lowest BCUT2D eigenvalue weighted by Crippen LogP contribution is -2.18. The molecule has 2 N–H and O–H groups in total. The fourth-order valence-corrected chi connectivity index (χ4v) is 2.78. The van der Waals surface area contributed by atoms with Crippen LogP contribution in [0.25, 0.3) is 0 Å². The average Bonchev–Trinajstić information content (AvgIpc) is 2.74. The molecule has 28 heavy (non-hydrogen) atoms. The molecule has 2 amide bonds. The van der Waals surface area contributed by atoms with Gasteiger partial charge in [-0.2, -0.15) is 0 Å². The van der Waals surface area contributed by atoms with Crippen LogP contribution in [0.4, 0.5) is 11.4 Å². The minimum atomic E-state index is -0.314. The van der Waals surface area contributed by atoms with E-state index in [0.717, 1.165) is 12.0 Å². The number of nitrogens with one attached hydrogen (secondary N) is 2. The topological polar surface area (TPSA) is 67.4 Å². The van der Waals surface area contributed by atoms with Gasteiger partial charge in [0.15, 0.2) is 0 Å². The molecule has 5 nitrogen and oxygen atoms in total. The Morgan fingerprint density at radius 2 is 1.61 bits per heavy atom. The number of hydrogen-bond acceptors (Lipinski definition) is 3. The number of para-hydroxylation sites is 1. The lowest BCUT2D eigenvalue weighted by Gasteiger charge is -2.12. The summed E-state index contributed by atoms with van der Waals surface area (Å²) in [6.45, 7) is 2.06. The quantitative estimate of drug-likeness (QED) is 0.653. The summed E-state index contributed by atoms with van der Waals surface area (Å²) in [5.74, 6) is 0.0738. The molecule has 3 rings (SSSR count). The first-order valence-corrected chi connectivity index (χ1v) is 9.05. The first kappa shape index (κ1) is 19.2. The zero-order valence-corrected chi connectivity index (χ0v) is 15.9. The maximum atomic E-state index is 12.7. The molecule has 0 atom stereocenters. The Balaban J connectivity index is 1.78. The number of amides is 2. The summed E-state index contributed by atoms with van der Waals surface area (Å²) in [5, 5.41) is 5.66. The monoisotopic (exact) mass is 374 g/mol. The van der Waals surface area contributed by atoms with E-state index >= 15 is 0 Å². The molecule has 0 saturated heterocycles. The molecule has 0 bridgehead atoms. The van der Waals surface area contributed by atoms with Crippen molar-refractivity contribution in [2.75, 3.05) is 17.7 Å². The Morgan fingerprint density at radius 3 is 2.32 bits per heavy atom. The third-order valence-electron chi connectivity index (χ3n) is 4.37. The molecule has 0 aliphatic rings. The van der Waals surface area contributed by atoms with Crippen molar-refractivity contribution in [1.82, 2.24) is 0 Å². The maximum absolute atomic E-state index is 12.7. The van der Waals surface area contributed by atoms with E-state index in [2.05, 4.69) is 17.6 Å². The summed E-state index contributed by atoms with van der Waals surface area (Å²) < 4.78 is 5.18. The van der Waals surface area contributed by atoms with Crippen LogP contribution in [0, 0.1) is 0 Å². The van der Waals surface area contributed by atoms with Crippen LogP contribution in [0.2, 0.25) is 0 Å². The SMILES string of the molecule is CCc1ccc(C(=O)Nc2ccccc2C(=O)Nc2cccc(OC)c2)cc1. The summed E-state index contributed by atoms with van der Waals surface area (Å²) in [7, 11) is 1.57. The van der Waals surface area contributed by atoms with Crippen LogP contribution in [-0.2, 0) is 6.42 Å². The van der Waals surface area contributed by atoms with Gasteiger partial charge >= 0.3 is 0 Å². The second kappa shape index (κ2) is 8.86. The molecule has 0 saturated carbocycles. The van der Waals surface area contributed by atoms with Crippen LogP contribution < -0.4 is 15.4 Å². The van der Waals surface area contributed by atoms with Crippen LogP contribution in [-0.4, -0.2) is 18.9 Å². The zero-order chi connectivity index (χ0) is 19.9. The normalized spacial score (nSPS) is 10.2. The number of hydrogen-bond donors (Lipinski definition) is 2.